The highest BCUT2D eigenvalue weighted by Gasteiger charge is 2.28. The number of benzene rings is 2. The van der Waals surface area contributed by atoms with Gasteiger partial charge in [0.2, 0.25) is 0 Å². The highest BCUT2D eigenvalue weighted by molar-refractivity contribution is 9.18. The second kappa shape index (κ2) is 5.09. The minimum Gasteiger partial charge on any atom is -0.399 e. The van der Waals surface area contributed by atoms with Crippen LogP contribution in [-0.2, 0) is 4.79 Å². The third kappa shape index (κ3) is 2.10. The van der Waals surface area contributed by atoms with E-state index in [4.69, 9.17) is 5.73 Å². The van der Waals surface area contributed by atoms with E-state index in [1.807, 2.05) is 36.4 Å². The lowest BCUT2D eigenvalue weighted by atomic mass is 9.99. The fourth-order valence-corrected chi connectivity index (χ4v) is 2.79. The Labute approximate surface area is 125 Å². The number of hydrazone groups is 1. The molecule has 0 saturated heterocycles. The van der Waals surface area contributed by atoms with Crippen molar-refractivity contribution >= 4 is 38.2 Å². The van der Waals surface area contributed by atoms with Crippen LogP contribution in [0.1, 0.15) is 17.2 Å². The minimum atomic E-state index is -0.434. The Morgan fingerprint density at radius 3 is 2.55 bits per heavy atom. The van der Waals surface area contributed by atoms with Gasteiger partial charge in [-0.25, -0.2) is 5.01 Å². The van der Waals surface area contributed by atoms with E-state index in [1.54, 1.807) is 17.1 Å². The summed E-state index contributed by atoms with van der Waals surface area (Å²) in [5, 5.41) is 6.16. The lowest BCUT2D eigenvalue weighted by Gasteiger charge is -2.31. The standard InChI is InChI=1S/C15H12BrN3O/c16-15-13-4-2-1-3-12(13)14(9-20)19(18-15)11-7-5-10(17)6-8-11/h1-9,14H,17H2. The summed E-state index contributed by atoms with van der Waals surface area (Å²) in [6, 6.07) is 14.6. The Bertz CT molecular complexity index is 682. The highest BCUT2D eigenvalue weighted by Crippen LogP contribution is 2.34. The summed E-state index contributed by atoms with van der Waals surface area (Å²) in [7, 11) is 0. The summed E-state index contributed by atoms with van der Waals surface area (Å²) >= 11 is 3.46. The van der Waals surface area contributed by atoms with Crippen LogP contribution >= 0.6 is 15.9 Å². The lowest BCUT2D eigenvalue weighted by molar-refractivity contribution is -0.109. The number of anilines is 2. The van der Waals surface area contributed by atoms with Gasteiger partial charge in [0.05, 0.1) is 5.69 Å². The van der Waals surface area contributed by atoms with Crippen LogP contribution in [0.5, 0.6) is 0 Å². The molecular formula is C15H12BrN3O. The fraction of sp³-hybridized carbons (Fsp3) is 0.0667. The molecule has 0 saturated carbocycles. The molecule has 0 radical (unpaired) electrons. The first-order chi connectivity index (χ1) is 9.70. The summed E-state index contributed by atoms with van der Waals surface area (Å²) in [5.74, 6) is 0. The molecule has 1 atom stereocenters. The summed E-state index contributed by atoms with van der Waals surface area (Å²) in [4.78, 5) is 11.5. The number of nitrogens with zero attached hydrogens (tertiary/aromatic N) is 2. The van der Waals surface area contributed by atoms with Gasteiger partial charge in [-0.2, -0.15) is 5.10 Å². The zero-order valence-corrected chi connectivity index (χ0v) is 12.1. The van der Waals surface area contributed by atoms with E-state index in [9.17, 15) is 4.79 Å². The maximum absolute atomic E-state index is 11.5. The van der Waals surface area contributed by atoms with Gasteiger partial charge in [0.1, 0.15) is 16.9 Å². The van der Waals surface area contributed by atoms with Crippen molar-refractivity contribution in [2.45, 2.75) is 6.04 Å². The number of nitrogens with two attached hydrogens (primary N) is 1. The van der Waals surface area contributed by atoms with Crippen LogP contribution in [0.15, 0.2) is 53.6 Å². The van der Waals surface area contributed by atoms with Crippen LogP contribution in [0.25, 0.3) is 0 Å². The predicted octanol–water partition coefficient (Wildman–Crippen LogP) is 3.09. The van der Waals surface area contributed by atoms with Gasteiger partial charge in [-0.1, -0.05) is 24.3 Å². The number of fused-ring (bicyclic) bond motifs is 1. The first-order valence-corrected chi connectivity index (χ1v) is 6.93. The van der Waals surface area contributed by atoms with Crippen molar-refractivity contribution < 1.29 is 4.79 Å². The van der Waals surface area contributed by atoms with Crippen molar-refractivity contribution in [2.24, 2.45) is 5.10 Å². The molecule has 100 valence electrons. The van der Waals surface area contributed by atoms with Gasteiger partial charge < -0.3 is 10.5 Å². The van der Waals surface area contributed by atoms with Crippen molar-refractivity contribution in [1.29, 1.82) is 0 Å². The van der Waals surface area contributed by atoms with Gasteiger partial charge in [-0.3, -0.25) is 0 Å². The normalized spacial score (nSPS) is 17.4. The third-order valence-corrected chi connectivity index (χ3v) is 3.83. The SMILES string of the molecule is Nc1ccc(N2N=C(Br)c3ccccc3C2C=O)cc1. The number of hydrogen-bond acceptors (Lipinski definition) is 4. The molecule has 1 aliphatic rings. The molecule has 0 spiro atoms. The molecule has 2 aromatic carbocycles. The monoisotopic (exact) mass is 329 g/mol. The number of rotatable bonds is 2. The van der Waals surface area contributed by atoms with Gasteiger partial charge in [0.15, 0.2) is 0 Å². The van der Waals surface area contributed by atoms with Crippen molar-refractivity contribution in [3.8, 4) is 0 Å². The van der Waals surface area contributed by atoms with Crippen LogP contribution < -0.4 is 10.7 Å². The van der Waals surface area contributed by atoms with Crippen molar-refractivity contribution in [1.82, 2.24) is 0 Å². The smallest absolute Gasteiger partial charge is 0.149 e. The van der Waals surface area contributed by atoms with Gasteiger partial charge >= 0.3 is 0 Å². The summed E-state index contributed by atoms with van der Waals surface area (Å²) in [6.07, 6.45) is 0.901. The lowest BCUT2D eigenvalue weighted by Crippen LogP contribution is -2.30. The molecule has 0 amide bonds. The largest absolute Gasteiger partial charge is 0.399 e. The van der Waals surface area contributed by atoms with Crippen molar-refractivity contribution in [3.63, 3.8) is 0 Å². The number of aldehydes is 1. The van der Waals surface area contributed by atoms with Crippen molar-refractivity contribution in [2.75, 3.05) is 10.7 Å². The maximum Gasteiger partial charge on any atom is 0.149 e. The van der Waals surface area contributed by atoms with Crippen LogP contribution in [0.4, 0.5) is 11.4 Å². The maximum atomic E-state index is 11.5. The van der Waals surface area contributed by atoms with Crippen LogP contribution in [0.3, 0.4) is 0 Å². The van der Waals surface area contributed by atoms with Crippen LogP contribution in [0, 0.1) is 0 Å². The molecule has 3 rings (SSSR count). The molecule has 1 aliphatic heterocycles. The zero-order chi connectivity index (χ0) is 14.1. The molecule has 4 nitrogen and oxygen atoms in total. The molecule has 2 aromatic rings. The molecule has 0 aliphatic carbocycles. The van der Waals surface area contributed by atoms with E-state index in [1.165, 1.54) is 0 Å². The molecule has 1 unspecified atom stereocenters. The van der Waals surface area contributed by atoms with Crippen LogP contribution in [-0.4, -0.2) is 10.9 Å². The molecule has 0 bridgehead atoms. The zero-order valence-electron chi connectivity index (χ0n) is 10.5. The molecule has 5 heteroatoms. The average Bonchev–Trinajstić information content (AvgIpc) is 2.48. The van der Waals surface area contributed by atoms with Gasteiger partial charge in [-0.15, -0.1) is 0 Å². The van der Waals surface area contributed by atoms with Crippen LogP contribution in [0.2, 0.25) is 0 Å². The number of nitrogen functional groups attached to an aromatic ring is 1. The molecule has 1 heterocycles. The molecule has 20 heavy (non-hydrogen) atoms. The van der Waals surface area contributed by atoms with Gasteiger partial charge in [0.25, 0.3) is 0 Å². The second-order valence-electron chi connectivity index (χ2n) is 4.50. The number of halogens is 1. The molecular weight excluding hydrogens is 318 g/mol. The number of hydrogen-bond donors (Lipinski definition) is 1. The van der Waals surface area contributed by atoms with E-state index in [0.717, 1.165) is 23.1 Å². The van der Waals surface area contributed by atoms with Gasteiger partial charge in [-0.05, 0) is 45.8 Å². The third-order valence-electron chi connectivity index (χ3n) is 3.25. The Kier molecular flexibility index (Phi) is 3.28. The average molecular weight is 330 g/mol. The summed E-state index contributed by atoms with van der Waals surface area (Å²) in [6.45, 7) is 0. The number of carbonyl (C=O) groups excluding carboxylic acids is 1. The molecule has 0 aromatic heterocycles. The van der Waals surface area contributed by atoms with Crippen molar-refractivity contribution in [3.05, 3.63) is 59.7 Å². The predicted molar refractivity (Wildman–Crippen MR) is 84.0 cm³/mol. The quantitative estimate of drug-likeness (QED) is 0.680. The van der Waals surface area contributed by atoms with E-state index in [2.05, 4.69) is 21.0 Å². The van der Waals surface area contributed by atoms with E-state index in [0.29, 0.717) is 10.3 Å². The van der Waals surface area contributed by atoms with Gasteiger partial charge in [0, 0.05) is 11.3 Å². The Morgan fingerprint density at radius 2 is 1.85 bits per heavy atom. The Balaban J connectivity index is 2.11. The first kappa shape index (κ1) is 12.9. The highest BCUT2D eigenvalue weighted by atomic mass is 79.9. The number of carbonyl (C=O) groups is 1. The molecule has 2 N–H and O–H groups in total. The fourth-order valence-electron chi connectivity index (χ4n) is 2.26. The topological polar surface area (TPSA) is 58.7 Å². The Morgan fingerprint density at radius 1 is 1.15 bits per heavy atom. The summed E-state index contributed by atoms with van der Waals surface area (Å²) < 4.78 is 0.711. The Hall–Kier alpha value is -2.14. The van der Waals surface area contributed by atoms with E-state index in [-0.39, 0.29) is 0 Å². The minimum absolute atomic E-state index is 0.434. The second-order valence-corrected chi connectivity index (χ2v) is 5.25. The first-order valence-electron chi connectivity index (χ1n) is 6.14. The summed E-state index contributed by atoms with van der Waals surface area (Å²) in [5.41, 5.74) is 9.07. The van der Waals surface area contributed by atoms with E-state index < -0.39 is 6.04 Å². The molecule has 0 fully saturated rings. The van der Waals surface area contributed by atoms with E-state index >= 15 is 0 Å².